The molecule has 0 amide bonds. The van der Waals surface area contributed by atoms with E-state index >= 15 is 0 Å². The molecule has 2 aromatic heterocycles. The zero-order chi connectivity index (χ0) is 15.9. The third kappa shape index (κ3) is 2.37. The molecule has 2 heterocycles. The van der Waals surface area contributed by atoms with E-state index in [1.165, 1.54) is 10.6 Å². The van der Waals surface area contributed by atoms with Gasteiger partial charge in [-0.3, -0.25) is 4.79 Å². The van der Waals surface area contributed by atoms with E-state index in [-0.39, 0.29) is 17.2 Å². The van der Waals surface area contributed by atoms with E-state index in [2.05, 4.69) is 5.16 Å². The van der Waals surface area contributed by atoms with E-state index in [0.29, 0.717) is 22.7 Å². The van der Waals surface area contributed by atoms with Crippen LogP contribution in [0.1, 0.15) is 51.6 Å². The monoisotopic (exact) mass is 290 g/mol. The first-order chi connectivity index (χ1) is 9.75. The highest BCUT2D eigenvalue weighted by Crippen LogP contribution is 2.26. The van der Waals surface area contributed by atoms with Gasteiger partial charge in [0.25, 0.3) is 5.56 Å². The first-order valence-corrected chi connectivity index (χ1v) is 6.64. The van der Waals surface area contributed by atoms with E-state index in [0.717, 1.165) is 5.56 Å². The second-order valence-electron chi connectivity index (χ2n) is 5.21. The largest absolute Gasteiger partial charge is 0.478 e. The van der Waals surface area contributed by atoms with Crippen LogP contribution in [0.3, 0.4) is 0 Å². The molecule has 1 N–H and O–H groups in total. The van der Waals surface area contributed by atoms with E-state index in [1.54, 1.807) is 27.7 Å². The summed E-state index contributed by atoms with van der Waals surface area (Å²) in [5.41, 5.74) is 2.33. The van der Waals surface area contributed by atoms with Crippen molar-refractivity contribution in [2.75, 3.05) is 0 Å². The summed E-state index contributed by atoms with van der Waals surface area (Å²) in [6, 6.07) is 1.01. The third-order valence-electron chi connectivity index (χ3n) is 3.80. The Morgan fingerprint density at radius 1 is 1.33 bits per heavy atom. The minimum absolute atomic E-state index is 0.160. The van der Waals surface area contributed by atoms with Crippen LogP contribution in [0.5, 0.6) is 0 Å². The number of carbonyl (C=O) groups is 1. The van der Waals surface area contributed by atoms with E-state index < -0.39 is 5.97 Å². The molecule has 0 aliphatic heterocycles. The SMILES string of the molecule is Cc1cc(=O)n(C(C)c2c(C)noc2C)c(C)c1C(=O)O. The maximum absolute atomic E-state index is 12.3. The lowest BCUT2D eigenvalue weighted by molar-refractivity contribution is 0.0694. The number of carboxylic acid groups (broad SMARTS) is 1. The average molecular weight is 290 g/mol. The second-order valence-corrected chi connectivity index (χ2v) is 5.21. The number of aromatic nitrogens is 2. The standard InChI is InChI=1S/C15H18N2O4/c1-7-6-12(18)17(9(3)13(7)15(19)20)10(4)14-8(2)16-21-11(14)5/h6,10H,1-5H3,(H,19,20). The van der Waals surface area contributed by atoms with Gasteiger partial charge in [-0.05, 0) is 40.2 Å². The predicted molar refractivity (Wildman–Crippen MR) is 76.9 cm³/mol. The molecule has 21 heavy (non-hydrogen) atoms. The fourth-order valence-electron chi connectivity index (χ4n) is 2.92. The number of rotatable bonds is 3. The molecule has 0 radical (unpaired) electrons. The summed E-state index contributed by atoms with van der Waals surface area (Å²) in [5.74, 6) is -0.409. The Hall–Kier alpha value is -2.37. The highest BCUT2D eigenvalue weighted by atomic mass is 16.5. The number of carboxylic acids is 1. The molecule has 0 spiro atoms. The molecule has 2 aromatic rings. The average Bonchev–Trinajstić information content (AvgIpc) is 2.67. The number of aryl methyl sites for hydroxylation is 3. The van der Waals surface area contributed by atoms with Crippen molar-refractivity contribution in [1.29, 1.82) is 0 Å². The van der Waals surface area contributed by atoms with Crippen molar-refractivity contribution >= 4 is 5.97 Å². The molecule has 6 heteroatoms. The molecule has 2 rings (SSSR count). The Morgan fingerprint density at radius 3 is 2.43 bits per heavy atom. The Bertz CT molecular complexity index is 751. The Morgan fingerprint density at radius 2 is 1.95 bits per heavy atom. The van der Waals surface area contributed by atoms with Crippen LogP contribution in [0.2, 0.25) is 0 Å². The minimum Gasteiger partial charge on any atom is -0.478 e. The van der Waals surface area contributed by atoms with Crippen molar-refractivity contribution in [3.63, 3.8) is 0 Å². The molecule has 0 bridgehead atoms. The maximum Gasteiger partial charge on any atom is 0.337 e. The Balaban J connectivity index is 2.73. The summed E-state index contributed by atoms with van der Waals surface area (Å²) >= 11 is 0. The first kappa shape index (κ1) is 15.0. The summed E-state index contributed by atoms with van der Waals surface area (Å²) < 4.78 is 6.61. The van der Waals surface area contributed by atoms with Gasteiger partial charge in [-0.2, -0.15) is 0 Å². The molecular formula is C15H18N2O4. The molecule has 0 aliphatic carbocycles. The maximum atomic E-state index is 12.3. The molecule has 112 valence electrons. The predicted octanol–water partition coefficient (Wildman–Crippen LogP) is 2.38. The number of pyridine rings is 1. The molecule has 1 unspecified atom stereocenters. The smallest absolute Gasteiger partial charge is 0.337 e. The lowest BCUT2D eigenvalue weighted by Crippen LogP contribution is -2.29. The van der Waals surface area contributed by atoms with Crippen LogP contribution in [0.15, 0.2) is 15.4 Å². The van der Waals surface area contributed by atoms with Gasteiger partial charge in [0, 0.05) is 17.3 Å². The quantitative estimate of drug-likeness (QED) is 0.938. The number of hydrogen-bond donors (Lipinski definition) is 1. The fourth-order valence-corrected chi connectivity index (χ4v) is 2.92. The lowest BCUT2D eigenvalue weighted by atomic mass is 10.0. The van der Waals surface area contributed by atoms with Crippen molar-refractivity contribution in [1.82, 2.24) is 9.72 Å². The summed E-state index contributed by atoms with van der Waals surface area (Å²) in [4.78, 5) is 23.7. The summed E-state index contributed by atoms with van der Waals surface area (Å²) in [6.45, 7) is 8.69. The molecular weight excluding hydrogens is 272 g/mol. The van der Waals surface area contributed by atoms with Crippen molar-refractivity contribution < 1.29 is 14.4 Å². The summed E-state index contributed by atoms with van der Waals surface area (Å²) in [6.07, 6.45) is 0. The van der Waals surface area contributed by atoms with Gasteiger partial charge in [-0.1, -0.05) is 5.16 Å². The first-order valence-electron chi connectivity index (χ1n) is 6.64. The fraction of sp³-hybridized carbons (Fsp3) is 0.400. The van der Waals surface area contributed by atoms with Crippen LogP contribution in [0, 0.1) is 27.7 Å². The Kier molecular flexibility index (Phi) is 3.72. The van der Waals surface area contributed by atoms with Gasteiger partial charge in [-0.25, -0.2) is 4.79 Å². The van der Waals surface area contributed by atoms with E-state index in [4.69, 9.17) is 4.52 Å². The van der Waals surface area contributed by atoms with E-state index in [9.17, 15) is 14.7 Å². The van der Waals surface area contributed by atoms with Crippen LogP contribution in [-0.4, -0.2) is 20.8 Å². The minimum atomic E-state index is -1.04. The van der Waals surface area contributed by atoms with E-state index in [1.807, 2.05) is 6.92 Å². The summed E-state index contributed by atoms with van der Waals surface area (Å²) in [5, 5.41) is 13.2. The lowest BCUT2D eigenvalue weighted by Gasteiger charge is -2.20. The van der Waals surface area contributed by atoms with Gasteiger partial charge in [0.2, 0.25) is 0 Å². The molecule has 0 aliphatic rings. The number of hydrogen-bond acceptors (Lipinski definition) is 4. The summed E-state index contributed by atoms with van der Waals surface area (Å²) in [7, 11) is 0. The van der Waals surface area contributed by atoms with Crippen LogP contribution in [0.25, 0.3) is 0 Å². The topological polar surface area (TPSA) is 85.3 Å². The van der Waals surface area contributed by atoms with Gasteiger partial charge >= 0.3 is 5.97 Å². The zero-order valence-corrected chi connectivity index (χ0v) is 12.7. The van der Waals surface area contributed by atoms with Crippen molar-refractivity contribution in [3.05, 3.63) is 50.3 Å². The highest BCUT2D eigenvalue weighted by Gasteiger charge is 2.23. The number of aromatic carboxylic acids is 1. The molecule has 0 saturated heterocycles. The molecule has 0 fully saturated rings. The van der Waals surface area contributed by atoms with Gasteiger partial charge in [0.05, 0.1) is 17.3 Å². The van der Waals surface area contributed by atoms with Crippen molar-refractivity contribution in [2.24, 2.45) is 0 Å². The number of nitrogens with zero attached hydrogens (tertiary/aromatic N) is 2. The normalized spacial score (nSPS) is 12.4. The van der Waals surface area contributed by atoms with Crippen LogP contribution in [0.4, 0.5) is 0 Å². The van der Waals surface area contributed by atoms with Gasteiger partial charge in [0.1, 0.15) is 5.76 Å². The third-order valence-corrected chi connectivity index (χ3v) is 3.80. The molecule has 6 nitrogen and oxygen atoms in total. The molecule has 1 atom stereocenters. The van der Waals surface area contributed by atoms with Crippen LogP contribution in [-0.2, 0) is 0 Å². The van der Waals surface area contributed by atoms with Gasteiger partial charge < -0.3 is 14.2 Å². The van der Waals surface area contributed by atoms with Gasteiger partial charge in [0.15, 0.2) is 0 Å². The van der Waals surface area contributed by atoms with Crippen molar-refractivity contribution in [2.45, 2.75) is 40.7 Å². The van der Waals surface area contributed by atoms with Crippen LogP contribution < -0.4 is 5.56 Å². The van der Waals surface area contributed by atoms with Crippen molar-refractivity contribution in [3.8, 4) is 0 Å². The Labute approximate surface area is 122 Å². The second kappa shape index (κ2) is 5.20. The van der Waals surface area contributed by atoms with Crippen LogP contribution >= 0.6 is 0 Å². The van der Waals surface area contributed by atoms with Gasteiger partial charge in [-0.15, -0.1) is 0 Å². The molecule has 0 aromatic carbocycles. The molecule has 0 saturated carbocycles. The highest BCUT2D eigenvalue weighted by molar-refractivity contribution is 5.90. The zero-order valence-electron chi connectivity index (χ0n) is 12.7.